The molecule has 6 heteroatoms. The highest BCUT2D eigenvalue weighted by molar-refractivity contribution is 6.23. The highest BCUT2D eigenvalue weighted by Gasteiger charge is 2.20. The predicted octanol–water partition coefficient (Wildman–Crippen LogP) is 11.5. The first-order valence-electron chi connectivity index (χ1n) is 18.4. The molecule has 0 saturated carbocycles. The maximum atomic E-state index is 12.6. The molecule has 0 fully saturated rings. The van der Waals surface area contributed by atoms with Crippen molar-refractivity contribution in [1.29, 1.82) is 0 Å². The molecule has 0 saturated heterocycles. The Hall–Kier alpha value is -7.18. The molecule has 8 aromatic carbocycles. The molecular weight excluding hydrogens is 697 g/mol. The van der Waals surface area contributed by atoms with Crippen molar-refractivity contribution in [2.75, 3.05) is 26.4 Å². The van der Waals surface area contributed by atoms with E-state index in [9.17, 15) is 9.59 Å². The lowest BCUT2D eigenvalue weighted by Gasteiger charge is -2.19. The molecule has 0 heterocycles. The fraction of sp³-hybridized carbons (Fsp3) is 0.0800. The van der Waals surface area contributed by atoms with Crippen molar-refractivity contribution in [3.8, 4) is 44.9 Å². The molecule has 0 aliphatic heterocycles. The first kappa shape index (κ1) is 35.8. The average Bonchev–Trinajstić information content (AvgIpc) is 3.25. The van der Waals surface area contributed by atoms with Gasteiger partial charge in [0.25, 0.3) is 0 Å². The van der Waals surface area contributed by atoms with Crippen LogP contribution in [-0.2, 0) is 19.1 Å². The molecule has 0 amide bonds. The number of ether oxygens (including phenoxy) is 4. The summed E-state index contributed by atoms with van der Waals surface area (Å²) in [7, 11) is 0. The van der Waals surface area contributed by atoms with E-state index in [1.807, 2.05) is 72.8 Å². The third kappa shape index (κ3) is 7.20. The Kier molecular flexibility index (Phi) is 10.3. The Morgan fingerprint density at radius 3 is 1.29 bits per heavy atom. The lowest BCUT2D eigenvalue weighted by molar-refractivity contribution is -0.145. The summed E-state index contributed by atoms with van der Waals surface area (Å²) in [6, 6.07) is 49.7. The van der Waals surface area contributed by atoms with Crippen molar-refractivity contribution in [2.45, 2.75) is 0 Å². The fourth-order valence-electron chi connectivity index (χ4n) is 7.30. The van der Waals surface area contributed by atoms with Crippen LogP contribution in [0.15, 0.2) is 171 Å². The van der Waals surface area contributed by atoms with Crippen molar-refractivity contribution in [2.24, 2.45) is 0 Å². The number of hydrogen-bond donors (Lipinski definition) is 0. The van der Waals surface area contributed by atoms with Crippen molar-refractivity contribution < 1.29 is 28.5 Å². The van der Waals surface area contributed by atoms with Gasteiger partial charge in [0.15, 0.2) is 13.2 Å². The first-order valence-corrected chi connectivity index (χ1v) is 18.4. The highest BCUT2D eigenvalue weighted by atomic mass is 16.6. The second-order valence-electron chi connectivity index (χ2n) is 13.3. The molecule has 8 aromatic rings. The third-order valence-corrected chi connectivity index (χ3v) is 9.80. The Labute approximate surface area is 324 Å². The third-order valence-electron chi connectivity index (χ3n) is 9.80. The number of hydrogen-bond acceptors (Lipinski definition) is 6. The van der Waals surface area contributed by atoms with Crippen molar-refractivity contribution in [3.05, 3.63) is 171 Å². The van der Waals surface area contributed by atoms with Crippen LogP contribution >= 0.6 is 0 Å². The zero-order chi connectivity index (χ0) is 38.4. The molecule has 0 N–H and O–H groups in total. The topological polar surface area (TPSA) is 71.1 Å². The van der Waals surface area contributed by atoms with Gasteiger partial charge in [-0.25, -0.2) is 9.59 Å². The Morgan fingerprint density at radius 2 is 0.875 bits per heavy atom. The summed E-state index contributed by atoms with van der Waals surface area (Å²) >= 11 is 0. The first-order chi connectivity index (χ1) is 27.5. The van der Waals surface area contributed by atoms with E-state index in [0.717, 1.165) is 76.5 Å². The van der Waals surface area contributed by atoms with Gasteiger partial charge in [0.2, 0.25) is 0 Å². The summed E-state index contributed by atoms with van der Waals surface area (Å²) in [4.78, 5) is 25.2. The lowest BCUT2D eigenvalue weighted by Crippen LogP contribution is -2.15. The van der Waals surface area contributed by atoms with Crippen LogP contribution in [0.25, 0.3) is 76.5 Å². The predicted molar refractivity (Wildman–Crippen MR) is 226 cm³/mol. The molecule has 0 radical (unpaired) electrons. The highest BCUT2D eigenvalue weighted by Crippen LogP contribution is 2.46. The van der Waals surface area contributed by atoms with Gasteiger partial charge in [0, 0.05) is 21.5 Å². The van der Waals surface area contributed by atoms with Crippen LogP contribution in [0.3, 0.4) is 0 Å². The molecule has 0 aliphatic rings. The van der Waals surface area contributed by atoms with E-state index in [0.29, 0.717) is 11.5 Å². The molecule has 0 unspecified atom stereocenters. The molecule has 6 nitrogen and oxygen atoms in total. The number of esters is 2. The summed E-state index contributed by atoms with van der Waals surface area (Å²) < 4.78 is 23.0. The van der Waals surface area contributed by atoms with Gasteiger partial charge in [-0.1, -0.05) is 147 Å². The van der Waals surface area contributed by atoms with Gasteiger partial charge in [-0.3, -0.25) is 0 Å². The Morgan fingerprint density at radius 1 is 0.446 bits per heavy atom. The summed E-state index contributed by atoms with van der Waals surface area (Å²) in [6.45, 7) is 6.99. The van der Waals surface area contributed by atoms with Crippen LogP contribution in [0.5, 0.6) is 11.5 Å². The van der Waals surface area contributed by atoms with E-state index in [-0.39, 0.29) is 26.4 Å². The monoisotopic (exact) mass is 734 g/mol. The van der Waals surface area contributed by atoms with Gasteiger partial charge < -0.3 is 18.9 Å². The molecule has 274 valence electrons. The second-order valence-corrected chi connectivity index (χ2v) is 13.3. The summed E-state index contributed by atoms with van der Waals surface area (Å²) in [5, 5.41) is 7.60. The van der Waals surface area contributed by atoms with Gasteiger partial charge in [-0.05, 0) is 79.2 Å². The quantitative estimate of drug-likeness (QED) is 0.0667. The van der Waals surface area contributed by atoms with Crippen LogP contribution in [0, 0.1) is 0 Å². The fourth-order valence-corrected chi connectivity index (χ4v) is 7.30. The smallest absolute Gasteiger partial charge is 0.344 e. The van der Waals surface area contributed by atoms with Crippen molar-refractivity contribution in [3.63, 3.8) is 0 Å². The van der Waals surface area contributed by atoms with E-state index in [2.05, 4.69) is 86.0 Å². The number of carbonyl (C=O) groups is 2. The Balaban J connectivity index is 1.40. The molecule has 8 rings (SSSR count). The molecule has 56 heavy (non-hydrogen) atoms. The van der Waals surface area contributed by atoms with Gasteiger partial charge in [-0.2, -0.15) is 0 Å². The van der Waals surface area contributed by atoms with Gasteiger partial charge in [0.1, 0.15) is 24.7 Å². The van der Waals surface area contributed by atoms with Gasteiger partial charge in [-0.15, -0.1) is 0 Å². The Bertz CT molecular complexity index is 2580. The molecular formula is C50H38O6. The van der Waals surface area contributed by atoms with Crippen LogP contribution in [0.1, 0.15) is 0 Å². The zero-order valence-corrected chi connectivity index (χ0v) is 30.7. The summed E-state index contributed by atoms with van der Waals surface area (Å²) in [5.74, 6) is 0.167. The summed E-state index contributed by atoms with van der Waals surface area (Å²) in [6.07, 6.45) is 3.06. The van der Waals surface area contributed by atoms with Crippen molar-refractivity contribution in [1.82, 2.24) is 0 Å². The minimum absolute atomic E-state index is 0.107. The van der Waals surface area contributed by atoms with Gasteiger partial charge >= 0.3 is 11.9 Å². The van der Waals surface area contributed by atoms with Gasteiger partial charge in [0.05, 0.1) is 0 Å². The minimum atomic E-state index is -0.482. The number of benzene rings is 8. The molecule has 0 atom stereocenters. The summed E-state index contributed by atoms with van der Waals surface area (Å²) in [5.41, 5.74) is 6.29. The van der Waals surface area contributed by atoms with Crippen LogP contribution < -0.4 is 9.47 Å². The largest absolute Gasteiger partial charge is 0.481 e. The second kappa shape index (κ2) is 16.0. The molecule has 0 aliphatic carbocycles. The van der Waals surface area contributed by atoms with E-state index in [1.54, 1.807) is 0 Å². The molecule has 0 spiro atoms. The lowest BCUT2D eigenvalue weighted by atomic mass is 9.87. The maximum Gasteiger partial charge on any atom is 0.344 e. The normalized spacial score (nSPS) is 11.1. The minimum Gasteiger partial charge on any atom is -0.481 e. The maximum absolute atomic E-state index is 12.6. The van der Waals surface area contributed by atoms with Crippen LogP contribution in [0.2, 0.25) is 0 Å². The van der Waals surface area contributed by atoms with E-state index in [1.165, 1.54) is 12.2 Å². The van der Waals surface area contributed by atoms with E-state index >= 15 is 0 Å². The van der Waals surface area contributed by atoms with Crippen LogP contribution in [-0.4, -0.2) is 38.4 Å². The SMILES string of the molecule is C=CCOC(=O)COc1cc2ccc(-c3ccccc3)cc2c2c(-c3cccc4c(OCC(=O)OCC=C)cc5ccc(-c6ccccc6)cc5c34)cccc12. The average molecular weight is 735 g/mol. The standard InChI is InChI=1S/C50H38O6/c1-3-25-53-47(51)31-55-45-29-37-23-21-35(33-13-7-5-8-14-33)27-43(37)49-39(17-11-19-41(45)49)40-18-12-20-42-46(56-32-48(52)54-26-4-2)30-38-24-22-36(28-44(38)50(40)42)34-15-9-6-10-16-34/h3-24,27-30H,1-2,25-26,31-32H2. The number of rotatable bonds is 13. The van der Waals surface area contributed by atoms with Crippen molar-refractivity contribution >= 4 is 55.0 Å². The van der Waals surface area contributed by atoms with Crippen LogP contribution in [0.4, 0.5) is 0 Å². The molecule has 0 bridgehead atoms. The number of fused-ring (bicyclic) bond motifs is 6. The number of carbonyl (C=O) groups excluding carboxylic acids is 2. The van der Waals surface area contributed by atoms with E-state index in [4.69, 9.17) is 18.9 Å². The zero-order valence-electron chi connectivity index (χ0n) is 30.7. The molecule has 0 aromatic heterocycles. The van der Waals surface area contributed by atoms with E-state index < -0.39 is 11.9 Å².